The first-order valence-corrected chi connectivity index (χ1v) is 10.8. The number of benzene rings is 2. The number of carbonyl (C=O) groups is 1. The van der Waals surface area contributed by atoms with Gasteiger partial charge in [-0.2, -0.15) is 0 Å². The Balaban J connectivity index is 1.69. The fourth-order valence-electron chi connectivity index (χ4n) is 2.50. The molecule has 1 aromatic heterocycles. The largest absolute Gasteiger partial charge is 0.491 e. The van der Waals surface area contributed by atoms with E-state index >= 15 is 0 Å². The van der Waals surface area contributed by atoms with Crippen LogP contribution in [-0.4, -0.2) is 20.8 Å². The lowest BCUT2D eigenvalue weighted by atomic mass is 10.1. The van der Waals surface area contributed by atoms with E-state index in [2.05, 4.69) is 4.72 Å². The quantitative estimate of drug-likeness (QED) is 0.560. The molecule has 5 nitrogen and oxygen atoms in total. The SMILES string of the molecule is CCOc1ccc(S(=O)(=O)NCc2ccc(C(=O)c3ccccc3)s2)cc1F. The molecule has 0 saturated carbocycles. The smallest absolute Gasteiger partial charge is 0.241 e. The first kappa shape index (κ1) is 20.2. The molecular formula is C20H18FNO4S2. The Morgan fingerprint density at radius 3 is 2.54 bits per heavy atom. The van der Waals surface area contributed by atoms with Gasteiger partial charge in [-0.05, 0) is 37.3 Å². The standard InChI is InChI=1S/C20H18FNO4S2/c1-2-26-18-10-9-16(12-17(18)21)28(24,25)22-13-15-8-11-19(27-15)20(23)14-6-4-3-5-7-14/h3-12,22H,2,13H2,1H3. The van der Waals surface area contributed by atoms with Crippen molar-refractivity contribution in [2.24, 2.45) is 0 Å². The zero-order valence-corrected chi connectivity index (χ0v) is 16.6. The van der Waals surface area contributed by atoms with Crippen LogP contribution in [0.15, 0.2) is 65.6 Å². The molecule has 1 heterocycles. The van der Waals surface area contributed by atoms with Crippen LogP contribution in [0.2, 0.25) is 0 Å². The maximum Gasteiger partial charge on any atom is 0.241 e. The molecule has 8 heteroatoms. The van der Waals surface area contributed by atoms with Gasteiger partial charge in [0, 0.05) is 17.0 Å². The molecule has 0 aliphatic heterocycles. The molecule has 0 bridgehead atoms. The van der Waals surface area contributed by atoms with Crippen molar-refractivity contribution in [1.29, 1.82) is 0 Å². The van der Waals surface area contributed by atoms with Crippen LogP contribution in [0.3, 0.4) is 0 Å². The number of sulfonamides is 1. The number of hydrogen-bond donors (Lipinski definition) is 1. The minimum atomic E-state index is -3.90. The van der Waals surface area contributed by atoms with Gasteiger partial charge < -0.3 is 4.74 Å². The van der Waals surface area contributed by atoms with Crippen LogP contribution in [0, 0.1) is 5.82 Å². The molecule has 3 aromatic rings. The molecule has 1 N–H and O–H groups in total. The molecule has 0 aliphatic rings. The van der Waals surface area contributed by atoms with Gasteiger partial charge in [-0.1, -0.05) is 30.3 Å². The third-order valence-electron chi connectivity index (χ3n) is 3.87. The summed E-state index contributed by atoms with van der Waals surface area (Å²) in [5.74, 6) is -0.853. The van der Waals surface area contributed by atoms with Crippen LogP contribution in [0.5, 0.6) is 5.75 Å². The predicted octanol–water partition coefficient (Wildman–Crippen LogP) is 4.00. The minimum Gasteiger partial charge on any atom is -0.491 e. The van der Waals surface area contributed by atoms with Gasteiger partial charge in [0.1, 0.15) is 0 Å². The van der Waals surface area contributed by atoms with Gasteiger partial charge in [0.25, 0.3) is 0 Å². The van der Waals surface area contributed by atoms with E-state index in [1.807, 2.05) is 6.07 Å². The van der Waals surface area contributed by atoms with Crippen LogP contribution in [0.4, 0.5) is 4.39 Å². The molecule has 0 fully saturated rings. The molecule has 0 radical (unpaired) electrons. The number of rotatable bonds is 8. The zero-order chi connectivity index (χ0) is 20.1. The summed E-state index contributed by atoms with van der Waals surface area (Å²) < 4.78 is 46.2. The van der Waals surface area contributed by atoms with Crippen molar-refractivity contribution in [3.8, 4) is 5.75 Å². The number of nitrogens with one attached hydrogen (secondary N) is 1. The van der Waals surface area contributed by atoms with Gasteiger partial charge in [-0.25, -0.2) is 17.5 Å². The Hall–Kier alpha value is -2.55. The van der Waals surface area contributed by atoms with Gasteiger partial charge in [-0.15, -0.1) is 11.3 Å². The van der Waals surface area contributed by atoms with E-state index in [0.717, 1.165) is 6.07 Å². The van der Waals surface area contributed by atoms with Gasteiger partial charge in [0.2, 0.25) is 15.8 Å². The first-order valence-electron chi connectivity index (χ1n) is 8.51. The third-order valence-corrected chi connectivity index (χ3v) is 6.35. The topological polar surface area (TPSA) is 72.5 Å². The minimum absolute atomic E-state index is 0.00349. The number of ether oxygens (including phenoxy) is 1. The molecule has 0 unspecified atom stereocenters. The lowest BCUT2D eigenvalue weighted by molar-refractivity contribution is 0.104. The molecule has 146 valence electrons. The van der Waals surface area contributed by atoms with Crippen LogP contribution < -0.4 is 9.46 Å². The van der Waals surface area contributed by atoms with Crippen molar-refractivity contribution < 1.29 is 22.3 Å². The van der Waals surface area contributed by atoms with E-state index in [0.29, 0.717) is 15.3 Å². The monoisotopic (exact) mass is 419 g/mol. The Bertz CT molecular complexity index is 1080. The molecule has 0 saturated heterocycles. The van der Waals surface area contributed by atoms with Gasteiger partial charge in [0.05, 0.1) is 16.4 Å². The molecule has 2 aromatic carbocycles. The molecular weight excluding hydrogens is 401 g/mol. The summed E-state index contributed by atoms with van der Waals surface area (Å²) in [5, 5.41) is 0. The Labute approximate surface area is 166 Å². The maximum atomic E-state index is 13.9. The Kier molecular flexibility index (Phi) is 6.23. The van der Waals surface area contributed by atoms with Crippen molar-refractivity contribution in [1.82, 2.24) is 4.72 Å². The van der Waals surface area contributed by atoms with E-state index in [1.165, 1.54) is 23.5 Å². The molecule has 0 atom stereocenters. The van der Waals surface area contributed by atoms with E-state index < -0.39 is 15.8 Å². The highest BCUT2D eigenvalue weighted by atomic mass is 32.2. The summed E-state index contributed by atoms with van der Waals surface area (Å²) in [6.07, 6.45) is 0. The second-order valence-electron chi connectivity index (χ2n) is 5.81. The Morgan fingerprint density at radius 1 is 1.11 bits per heavy atom. The number of hydrogen-bond acceptors (Lipinski definition) is 5. The van der Waals surface area contributed by atoms with Crippen molar-refractivity contribution in [2.45, 2.75) is 18.4 Å². The van der Waals surface area contributed by atoms with E-state index in [9.17, 15) is 17.6 Å². The van der Waals surface area contributed by atoms with Crippen LogP contribution in [-0.2, 0) is 16.6 Å². The second kappa shape index (κ2) is 8.64. The first-order chi connectivity index (χ1) is 13.4. The molecule has 0 amide bonds. The van der Waals surface area contributed by atoms with E-state index in [1.54, 1.807) is 43.3 Å². The molecule has 0 aliphatic carbocycles. The highest BCUT2D eigenvalue weighted by Crippen LogP contribution is 2.23. The zero-order valence-electron chi connectivity index (χ0n) is 15.0. The fraction of sp³-hybridized carbons (Fsp3) is 0.150. The number of thiophene rings is 1. The van der Waals surface area contributed by atoms with E-state index in [4.69, 9.17) is 4.74 Å². The number of carbonyl (C=O) groups excluding carboxylic acids is 1. The van der Waals surface area contributed by atoms with Gasteiger partial charge in [-0.3, -0.25) is 4.79 Å². The summed E-state index contributed by atoms with van der Waals surface area (Å²) in [6.45, 7) is 2.00. The molecule has 28 heavy (non-hydrogen) atoms. The van der Waals surface area contributed by atoms with Crippen LogP contribution in [0.25, 0.3) is 0 Å². The summed E-state index contributed by atoms with van der Waals surface area (Å²) >= 11 is 1.21. The lowest BCUT2D eigenvalue weighted by Gasteiger charge is -2.08. The summed E-state index contributed by atoms with van der Waals surface area (Å²) in [6, 6.07) is 15.7. The van der Waals surface area contributed by atoms with Gasteiger partial charge in [0.15, 0.2) is 11.6 Å². The fourth-order valence-corrected chi connectivity index (χ4v) is 4.52. The van der Waals surface area contributed by atoms with Crippen molar-refractivity contribution in [3.63, 3.8) is 0 Å². The normalized spacial score (nSPS) is 11.4. The predicted molar refractivity (Wildman–Crippen MR) is 106 cm³/mol. The third kappa shape index (κ3) is 4.64. The van der Waals surface area contributed by atoms with Crippen LogP contribution >= 0.6 is 11.3 Å². The highest BCUT2D eigenvalue weighted by Gasteiger charge is 2.18. The second-order valence-corrected chi connectivity index (χ2v) is 8.75. The lowest BCUT2D eigenvalue weighted by Crippen LogP contribution is -2.23. The van der Waals surface area contributed by atoms with E-state index in [-0.39, 0.29) is 29.6 Å². The maximum absolute atomic E-state index is 13.9. The average Bonchev–Trinajstić information content (AvgIpc) is 3.17. The number of halogens is 1. The summed E-state index contributed by atoms with van der Waals surface area (Å²) in [5.41, 5.74) is 0.571. The molecule has 3 rings (SSSR count). The van der Waals surface area contributed by atoms with Gasteiger partial charge >= 0.3 is 0 Å². The summed E-state index contributed by atoms with van der Waals surface area (Å²) in [7, 11) is -3.90. The van der Waals surface area contributed by atoms with Crippen molar-refractivity contribution in [2.75, 3.05) is 6.61 Å². The van der Waals surface area contributed by atoms with Crippen molar-refractivity contribution in [3.05, 3.63) is 81.8 Å². The van der Waals surface area contributed by atoms with Crippen LogP contribution in [0.1, 0.15) is 27.0 Å². The Morgan fingerprint density at radius 2 is 1.86 bits per heavy atom. The summed E-state index contributed by atoms with van der Waals surface area (Å²) in [4.78, 5) is 13.4. The number of ketones is 1. The highest BCUT2D eigenvalue weighted by molar-refractivity contribution is 7.89. The van der Waals surface area contributed by atoms with Crippen molar-refractivity contribution >= 4 is 27.1 Å². The average molecular weight is 419 g/mol. The molecule has 0 spiro atoms.